The molecule has 7 nitrogen and oxygen atoms in total. The smallest absolute Gasteiger partial charge is 0.232 e. The minimum absolute atomic E-state index is 0.518. The minimum atomic E-state index is 0.518. The Labute approximate surface area is 158 Å². The molecule has 1 fully saturated rings. The first kappa shape index (κ1) is 17.6. The van der Waals surface area contributed by atoms with E-state index in [0.29, 0.717) is 24.9 Å². The predicted molar refractivity (Wildman–Crippen MR) is 104 cm³/mol. The van der Waals surface area contributed by atoms with Crippen LogP contribution in [0, 0.1) is 5.92 Å². The van der Waals surface area contributed by atoms with Crippen LogP contribution in [0.15, 0.2) is 42.9 Å². The maximum atomic E-state index is 5.96. The third-order valence-corrected chi connectivity index (χ3v) is 4.91. The first-order valence-corrected chi connectivity index (χ1v) is 9.32. The summed E-state index contributed by atoms with van der Waals surface area (Å²) in [5.41, 5.74) is 10.2. The van der Waals surface area contributed by atoms with Crippen LogP contribution in [0.5, 0.6) is 5.88 Å². The molecule has 0 unspecified atom stereocenters. The van der Waals surface area contributed by atoms with Gasteiger partial charge in [0.2, 0.25) is 5.88 Å². The quantitative estimate of drug-likeness (QED) is 0.621. The number of H-pyrrole nitrogens is 1. The maximum absolute atomic E-state index is 5.96. The van der Waals surface area contributed by atoms with Gasteiger partial charge in [0.25, 0.3) is 0 Å². The van der Waals surface area contributed by atoms with E-state index in [1.54, 1.807) is 12.4 Å². The average molecular weight is 364 g/mol. The molecule has 7 heteroatoms. The standard InChI is InChI=1S/C20H24N6O/c21-9-14-1-3-16(4-2-14)19-20(17-10-24-25-11-17)26-18(12-23-19)27-13-15-5-7-22-8-6-15/h1-4,10-12,15,22H,5-9,13,21H2,(H,24,25). The largest absolute Gasteiger partial charge is 0.476 e. The molecule has 3 heterocycles. The molecule has 1 aliphatic rings. The highest BCUT2D eigenvalue weighted by Crippen LogP contribution is 2.30. The number of nitrogens with zero attached hydrogens (tertiary/aromatic N) is 3. The zero-order valence-electron chi connectivity index (χ0n) is 15.2. The number of rotatable bonds is 6. The van der Waals surface area contributed by atoms with Crippen LogP contribution in [0.25, 0.3) is 22.5 Å². The van der Waals surface area contributed by atoms with Crippen molar-refractivity contribution < 1.29 is 4.74 Å². The monoisotopic (exact) mass is 364 g/mol. The van der Waals surface area contributed by atoms with Gasteiger partial charge in [-0.15, -0.1) is 0 Å². The van der Waals surface area contributed by atoms with E-state index in [2.05, 4.69) is 20.5 Å². The van der Waals surface area contributed by atoms with Gasteiger partial charge in [-0.05, 0) is 37.4 Å². The topological polar surface area (TPSA) is 102 Å². The van der Waals surface area contributed by atoms with Crippen molar-refractivity contribution in [2.75, 3.05) is 19.7 Å². The molecule has 0 spiro atoms. The van der Waals surface area contributed by atoms with E-state index >= 15 is 0 Å². The molecule has 0 amide bonds. The van der Waals surface area contributed by atoms with Crippen LogP contribution < -0.4 is 15.8 Å². The Morgan fingerprint density at radius 2 is 1.85 bits per heavy atom. The van der Waals surface area contributed by atoms with Gasteiger partial charge in [0.15, 0.2) is 0 Å². The van der Waals surface area contributed by atoms with Crippen LogP contribution in [0.2, 0.25) is 0 Å². The lowest BCUT2D eigenvalue weighted by Crippen LogP contribution is -2.30. The summed E-state index contributed by atoms with van der Waals surface area (Å²) in [4.78, 5) is 9.38. The number of hydrogen-bond acceptors (Lipinski definition) is 6. The molecule has 4 rings (SSSR count). The molecule has 3 aromatic rings. The van der Waals surface area contributed by atoms with E-state index in [1.165, 1.54) is 0 Å². The number of hydrogen-bond donors (Lipinski definition) is 3. The first-order chi connectivity index (χ1) is 13.3. The van der Waals surface area contributed by atoms with Crippen molar-refractivity contribution in [2.24, 2.45) is 11.7 Å². The van der Waals surface area contributed by atoms with Crippen molar-refractivity contribution in [3.05, 3.63) is 48.4 Å². The highest BCUT2D eigenvalue weighted by Gasteiger charge is 2.17. The van der Waals surface area contributed by atoms with Crippen molar-refractivity contribution >= 4 is 0 Å². The summed E-state index contributed by atoms with van der Waals surface area (Å²) in [6, 6.07) is 8.06. The van der Waals surface area contributed by atoms with Gasteiger partial charge in [0, 0.05) is 23.9 Å². The van der Waals surface area contributed by atoms with Gasteiger partial charge in [-0.25, -0.2) is 9.97 Å². The molecule has 0 aliphatic carbocycles. The molecular weight excluding hydrogens is 340 g/mol. The van der Waals surface area contributed by atoms with Crippen LogP contribution >= 0.6 is 0 Å². The third-order valence-electron chi connectivity index (χ3n) is 4.91. The Hall–Kier alpha value is -2.77. The molecule has 1 aromatic carbocycles. The summed E-state index contributed by atoms with van der Waals surface area (Å²) in [5, 5.41) is 10.3. The second-order valence-electron chi connectivity index (χ2n) is 6.80. The van der Waals surface area contributed by atoms with E-state index < -0.39 is 0 Å². The zero-order chi connectivity index (χ0) is 18.5. The van der Waals surface area contributed by atoms with Gasteiger partial charge >= 0.3 is 0 Å². The highest BCUT2D eigenvalue weighted by atomic mass is 16.5. The summed E-state index contributed by atoms with van der Waals surface area (Å²) < 4.78 is 5.96. The van der Waals surface area contributed by atoms with E-state index in [4.69, 9.17) is 15.5 Å². The molecule has 0 bridgehead atoms. The van der Waals surface area contributed by atoms with Crippen LogP contribution in [0.4, 0.5) is 0 Å². The summed E-state index contributed by atoms with van der Waals surface area (Å²) in [7, 11) is 0. The normalized spacial score (nSPS) is 15.0. The zero-order valence-corrected chi connectivity index (χ0v) is 15.2. The van der Waals surface area contributed by atoms with Gasteiger partial charge in [0.1, 0.15) is 5.69 Å². The number of ether oxygens (including phenoxy) is 1. The molecule has 27 heavy (non-hydrogen) atoms. The second kappa shape index (κ2) is 8.28. The van der Waals surface area contributed by atoms with Crippen molar-refractivity contribution in [2.45, 2.75) is 19.4 Å². The van der Waals surface area contributed by atoms with E-state index in [0.717, 1.165) is 54.0 Å². The summed E-state index contributed by atoms with van der Waals surface area (Å²) in [5.74, 6) is 1.11. The van der Waals surface area contributed by atoms with Crippen LogP contribution in [0.3, 0.4) is 0 Å². The first-order valence-electron chi connectivity index (χ1n) is 9.32. The van der Waals surface area contributed by atoms with Crippen molar-refractivity contribution in [3.8, 4) is 28.4 Å². The fourth-order valence-corrected chi connectivity index (χ4v) is 3.29. The number of aromatic amines is 1. The number of nitrogens with two attached hydrogens (primary N) is 1. The molecule has 140 valence electrons. The number of benzene rings is 1. The highest BCUT2D eigenvalue weighted by molar-refractivity contribution is 5.77. The van der Waals surface area contributed by atoms with E-state index in [9.17, 15) is 0 Å². The van der Waals surface area contributed by atoms with Crippen molar-refractivity contribution in [1.29, 1.82) is 0 Å². The van der Waals surface area contributed by atoms with Gasteiger partial charge < -0.3 is 15.8 Å². The minimum Gasteiger partial charge on any atom is -0.476 e. The lowest BCUT2D eigenvalue weighted by Gasteiger charge is -2.22. The maximum Gasteiger partial charge on any atom is 0.232 e. The molecule has 0 atom stereocenters. The summed E-state index contributed by atoms with van der Waals surface area (Å²) >= 11 is 0. The molecule has 4 N–H and O–H groups in total. The van der Waals surface area contributed by atoms with E-state index in [1.807, 2.05) is 30.5 Å². The lowest BCUT2D eigenvalue weighted by molar-refractivity contribution is 0.208. The Kier molecular flexibility index (Phi) is 5.41. The number of aromatic nitrogens is 4. The second-order valence-corrected chi connectivity index (χ2v) is 6.80. The lowest BCUT2D eigenvalue weighted by atomic mass is 9.99. The Morgan fingerprint density at radius 3 is 2.56 bits per heavy atom. The van der Waals surface area contributed by atoms with Gasteiger partial charge in [0.05, 0.1) is 24.7 Å². The number of piperidine rings is 1. The van der Waals surface area contributed by atoms with Crippen LogP contribution in [-0.4, -0.2) is 39.9 Å². The molecule has 1 aliphatic heterocycles. The number of nitrogens with one attached hydrogen (secondary N) is 2. The van der Waals surface area contributed by atoms with Crippen LogP contribution in [0.1, 0.15) is 18.4 Å². The fraction of sp³-hybridized carbons (Fsp3) is 0.350. The Bertz CT molecular complexity index is 857. The van der Waals surface area contributed by atoms with Crippen molar-refractivity contribution in [1.82, 2.24) is 25.5 Å². The predicted octanol–water partition coefficient (Wildman–Crippen LogP) is 2.37. The summed E-state index contributed by atoms with van der Waals surface area (Å²) in [6.45, 7) is 3.30. The van der Waals surface area contributed by atoms with Gasteiger partial charge in [-0.1, -0.05) is 24.3 Å². The average Bonchev–Trinajstić information content (AvgIpc) is 3.28. The molecule has 2 aromatic heterocycles. The third kappa shape index (κ3) is 4.15. The van der Waals surface area contributed by atoms with Crippen molar-refractivity contribution in [3.63, 3.8) is 0 Å². The van der Waals surface area contributed by atoms with Crippen LogP contribution in [-0.2, 0) is 6.54 Å². The Morgan fingerprint density at radius 1 is 1.04 bits per heavy atom. The van der Waals surface area contributed by atoms with E-state index in [-0.39, 0.29) is 0 Å². The van der Waals surface area contributed by atoms with Gasteiger partial charge in [-0.3, -0.25) is 5.10 Å². The molecule has 0 saturated carbocycles. The molecular formula is C20H24N6O. The fourth-order valence-electron chi connectivity index (χ4n) is 3.29. The SMILES string of the molecule is NCc1ccc(-c2ncc(OCC3CCNCC3)nc2-c2cn[nH]c2)cc1. The van der Waals surface area contributed by atoms with Gasteiger partial charge in [-0.2, -0.15) is 5.10 Å². The Balaban J connectivity index is 1.61. The molecule has 0 radical (unpaired) electrons. The molecule has 1 saturated heterocycles. The summed E-state index contributed by atoms with van der Waals surface area (Å²) in [6.07, 6.45) is 7.54.